The molecule has 1 saturated carbocycles. The first-order chi connectivity index (χ1) is 9.97. The monoisotopic (exact) mass is 325 g/mol. The van der Waals surface area contributed by atoms with E-state index in [0.29, 0.717) is 11.1 Å². The SMILES string of the molecule is NS(=O)(=O)c1cccc(NC2=NCC3(CCCC3)CS2)c1. The average molecular weight is 325 g/mol. The Morgan fingerprint density at radius 1 is 1.29 bits per heavy atom. The minimum absolute atomic E-state index is 0.112. The van der Waals surface area contributed by atoms with Gasteiger partial charge in [0.2, 0.25) is 10.0 Å². The summed E-state index contributed by atoms with van der Waals surface area (Å²) in [7, 11) is -3.67. The fraction of sp³-hybridized carbons (Fsp3) is 0.500. The Balaban J connectivity index is 1.72. The Kier molecular flexibility index (Phi) is 3.98. The van der Waals surface area contributed by atoms with Gasteiger partial charge < -0.3 is 5.32 Å². The molecule has 7 heteroatoms. The number of nitrogens with zero attached hydrogens (tertiary/aromatic N) is 1. The van der Waals surface area contributed by atoms with Crippen LogP contribution < -0.4 is 10.5 Å². The predicted octanol–water partition coefficient (Wildman–Crippen LogP) is 2.41. The molecule has 1 spiro atoms. The maximum absolute atomic E-state index is 11.4. The fourth-order valence-electron chi connectivity index (χ4n) is 2.93. The molecule has 1 aromatic carbocycles. The third kappa shape index (κ3) is 3.41. The van der Waals surface area contributed by atoms with E-state index in [4.69, 9.17) is 5.14 Å². The minimum Gasteiger partial charge on any atom is -0.335 e. The molecule has 1 fully saturated rings. The van der Waals surface area contributed by atoms with Gasteiger partial charge in [0, 0.05) is 18.0 Å². The van der Waals surface area contributed by atoms with Crippen molar-refractivity contribution < 1.29 is 8.42 Å². The molecule has 0 amide bonds. The molecule has 1 heterocycles. The van der Waals surface area contributed by atoms with E-state index < -0.39 is 10.0 Å². The van der Waals surface area contributed by atoms with Crippen LogP contribution in [0.1, 0.15) is 25.7 Å². The van der Waals surface area contributed by atoms with Crippen LogP contribution in [0.3, 0.4) is 0 Å². The number of nitrogens with one attached hydrogen (secondary N) is 1. The van der Waals surface area contributed by atoms with E-state index in [2.05, 4.69) is 10.3 Å². The highest BCUT2D eigenvalue weighted by Gasteiger charge is 2.36. The molecule has 0 aromatic heterocycles. The second-order valence-electron chi connectivity index (χ2n) is 5.82. The second-order valence-corrected chi connectivity index (χ2v) is 8.34. The number of benzene rings is 1. The van der Waals surface area contributed by atoms with Crippen molar-refractivity contribution in [2.45, 2.75) is 30.6 Å². The van der Waals surface area contributed by atoms with Crippen LogP contribution in [-0.4, -0.2) is 25.9 Å². The van der Waals surface area contributed by atoms with Crippen LogP contribution in [0.25, 0.3) is 0 Å². The Morgan fingerprint density at radius 3 is 2.67 bits per heavy atom. The highest BCUT2D eigenvalue weighted by atomic mass is 32.2. The molecule has 5 nitrogen and oxygen atoms in total. The van der Waals surface area contributed by atoms with E-state index in [-0.39, 0.29) is 4.90 Å². The lowest BCUT2D eigenvalue weighted by atomic mass is 9.89. The average Bonchev–Trinajstić information content (AvgIpc) is 2.90. The number of primary sulfonamides is 1. The first kappa shape index (κ1) is 14.9. The summed E-state index contributed by atoms with van der Waals surface area (Å²) in [6, 6.07) is 6.52. The predicted molar refractivity (Wildman–Crippen MR) is 87.1 cm³/mol. The van der Waals surface area contributed by atoms with Gasteiger partial charge in [-0.05, 0) is 36.5 Å². The number of anilines is 1. The Hall–Kier alpha value is -1.05. The van der Waals surface area contributed by atoms with Gasteiger partial charge in [0.15, 0.2) is 5.17 Å². The van der Waals surface area contributed by atoms with Gasteiger partial charge in [0.1, 0.15) is 0 Å². The summed E-state index contributed by atoms with van der Waals surface area (Å²) in [6.07, 6.45) is 5.18. The van der Waals surface area contributed by atoms with Crippen LogP contribution in [0.5, 0.6) is 0 Å². The highest BCUT2D eigenvalue weighted by Crippen LogP contribution is 2.43. The molecule has 0 radical (unpaired) electrons. The zero-order valence-electron chi connectivity index (χ0n) is 11.7. The summed E-state index contributed by atoms with van der Waals surface area (Å²) in [4.78, 5) is 4.75. The minimum atomic E-state index is -3.67. The van der Waals surface area contributed by atoms with E-state index in [1.807, 2.05) is 6.07 Å². The molecule has 114 valence electrons. The normalized spacial score (nSPS) is 21.3. The summed E-state index contributed by atoms with van der Waals surface area (Å²) < 4.78 is 22.7. The summed E-state index contributed by atoms with van der Waals surface area (Å²) >= 11 is 1.73. The first-order valence-corrected chi connectivity index (χ1v) is 9.57. The van der Waals surface area contributed by atoms with Crippen molar-refractivity contribution in [2.24, 2.45) is 15.5 Å². The number of rotatable bonds is 2. The maximum Gasteiger partial charge on any atom is 0.238 e. The Bertz CT molecular complexity index is 665. The molecule has 0 unspecified atom stereocenters. The van der Waals surface area contributed by atoms with Crippen molar-refractivity contribution in [3.63, 3.8) is 0 Å². The van der Waals surface area contributed by atoms with Gasteiger partial charge in [-0.1, -0.05) is 30.7 Å². The highest BCUT2D eigenvalue weighted by molar-refractivity contribution is 8.14. The molecule has 3 rings (SSSR count). The van der Waals surface area contributed by atoms with Crippen LogP contribution in [0.15, 0.2) is 34.2 Å². The van der Waals surface area contributed by atoms with Crippen LogP contribution in [0.4, 0.5) is 5.69 Å². The number of hydrogen-bond acceptors (Lipinski definition) is 5. The molecular weight excluding hydrogens is 306 g/mol. The number of thioether (sulfide) groups is 1. The summed E-state index contributed by atoms with van der Waals surface area (Å²) in [5.41, 5.74) is 1.10. The van der Waals surface area contributed by atoms with Crippen LogP contribution in [0, 0.1) is 5.41 Å². The molecule has 1 aromatic rings. The van der Waals surface area contributed by atoms with E-state index >= 15 is 0 Å². The zero-order valence-corrected chi connectivity index (χ0v) is 13.3. The number of amidine groups is 1. The summed E-state index contributed by atoms with van der Waals surface area (Å²) in [6.45, 7) is 0.872. The third-order valence-electron chi connectivity index (χ3n) is 4.15. The van der Waals surface area contributed by atoms with Gasteiger partial charge in [0.05, 0.1) is 4.90 Å². The van der Waals surface area contributed by atoms with Gasteiger partial charge in [-0.2, -0.15) is 0 Å². The molecule has 0 atom stereocenters. The van der Waals surface area contributed by atoms with Crippen LogP contribution in [-0.2, 0) is 10.0 Å². The number of hydrogen-bond donors (Lipinski definition) is 2. The fourth-order valence-corrected chi connectivity index (χ4v) is 4.66. The first-order valence-electron chi connectivity index (χ1n) is 7.04. The van der Waals surface area contributed by atoms with Crippen molar-refractivity contribution in [3.8, 4) is 0 Å². The van der Waals surface area contributed by atoms with Crippen molar-refractivity contribution in [1.82, 2.24) is 0 Å². The van der Waals surface area contributed by atoms with Crippen molar-refractivity contribution >= 4 is 32.6 Å². The van der Waals surface area contributed by atoms with Gasteiger partial charge in [-0.15, -0.1) is 0 Å². The standard InChI is InChI=1S/C14H19N3O2S2/c15-21(18,19)12-5-3-4-11(8-12)17-13-16-9-14(10-20-13)6-1-2-7-14/h3-5,8H,1-2,6-7,9-10H2,(H,16,17)(H2,15,18,19). The smallest absolute Gasteiger partial charge is 0.238 e. The van der Waals surface area contributed by atoms with Crippen LogP contribution >= 0.6 is 11.8 Å². The van der Waals surface area contributed by atoms with Crippen molar-refractivity contribution in [2.75, 3.05) is 17.6 Å². The van der Waals surface area contributed by atoms with Gasteiger partial charge in [0.25, 0.3) is 0 Å². The molecular formula is C14H19N3O2S2. The Labute approximate surface area is 129 Å². The number of nitrogens with two attached hydrogens (primary N) is 1. The number of sulfonamides is 1. The van der Waals surface area contributed by atoms with E-state index in [0.717, 1.165) is 17.5 Å². The zero-order chi connectivity index (χ0) is 14.9. The van der Waals surface area contributed by atoms with Crippen molar-refractivity contribution in [1.29, 1.82) is 0 Å². The van der Waals surface area contributed by atoms with E-state index in [1.165, 1.54) is 31.7 Å². The summed E-state index contributed by atoms with van der Waals surface area (Å²) in [5, 5.41) is 9.20. The second kappa shape index (κ2) is 5.62. The molecule has 1 aliphatic heterocycles. The molecule has 3 N–H and O–H groups in total. The lowest BCUT2D eigenvalue weighted by molar-refractivity contribution is 0.359. The molecule has 0 saturated heterocycles. The lowest BCUT2D eigenvalue weighted by Crippen LogP contribution is -2.30. The van der Waals surface area contributed by atoms with Crippen LogP contribution in [0.2, 0.25) is 0 Å². The van der Waals surface area contributed by atoms with Gasteiger partial charge >= 0.3 is 0 Å². The topological polar surface area (TPSA) is 84.5 Å². The largest absolute Gasteiger partial charge is 0.335 e. The molecule has 1 aliphatic carbocycles. The third-order valence-corrected chi connectivity index (χ3v) is 6.32. The van der Waals surface area contributed by atoms with Crippen molar-refractivity contribution in [3.05, 3.63) is 24.3 Å². The quantitative estimate of drug-likeness (QED) is 0.874. The maximum atomic E-state index is 11.4. The lowest BCUT2D eigenvalue weighted by Gasteiger charge is -2.31. The molecule has 2 aliphatic rings. The van der Waals surface area contributed by atoms with E-state index in [1.54, 1.807) is 23.9 Å². The molecule has 0 bridgehead atoms. The number of aliphatic imine (C=N–C) groups is 1. The summed E-state index contributed by atoms with van der Waals surface area (Å²) in [5.74, 6) is 1.09. The van der Waals surface area contributed by atoms with Gasteiger partial charge in [-0.3, -0.25) is 4.99 Å². The van der Waals surface area contributed by atoms with E-state index in [9.17, 15) is 8.42 Å². The molecule has 21 heavy (non-hydrogen) atoms. The van der Waals surface area contributed by atoms with Gasteiger partial charge in [-0.25, -0.2) is 13.6 Å². The Morgan fingerprint density at radius 2 is 2.05 bits per heavy atom.